The predicted octanol–water partition coefficient (Wildman–Crippen LogP) is 3.19. The summed E-state index contributed by atoms with van der Waals surface area (Å²) in [4.78, 5) is 10.8. The molecule has 0 aliphatic heterocycles. The van der Waals surface area contributed by atoms with E-state index in [2.05, 4.69) is 5.32 Å². The van der Waals surface area contributed by atoms with Crippen molar-refractivity contribution in [1.82, 2.24) is 0 Å². The lowest BCUT2D eigenvalue weighted by Gasteiger charge is -2.27. The van der Waals surface area contributed by atoms with E-state index in [-0.39, 0.29) is 11.7 Å². The minimum absolute atomic E-state index is 0.196. The first-order valence-corrected chi connectivity index (χ1v) is 6.32. The molecule has 3 nitrogen and oxygen atoms in total. The highest BCUT2D eigenvalue weighted by Crippen LogP contribution is 2.27. The fourth-order valence-electron chi connectivity index (χ4n) is 2.45. The lowest BCUT2D eigenvalue weighted by atomic mass is 9.86. The Morgan fingerprint density at radius 2 is 2.00 bits per heavy atom. The van der Waals surface area contributed by atoms with Crippen LogP contribution >= 0.6 is 0 Å². The van der Waals surface area contributed by atoms with Crippen molar-refractivity contribution in [2.24, 2.45) is 5.92 Å². The quantitative estimate of drug-likeness (QED) is 0.867. The Bertz CT molecular complexity index is 439. The first kappa shape index (κ1) is 12.9. The fraction of sp³-hybridized carbons (Fsp3) is 0.500. The van der Waals surface area contributed by atoms with E-state index in [0.29, 0.717) is 24.4 Å². The maximum atomic E-state index is 13.1. The van der Waals surface area contributed by atoms with Gasteiger partial charge in [0, 0.05) is 11.7 Å². The average molecular weight is 251 g/mol. The summed E-state index contributed by atoms with van der Waals surface area (Å²) >= 11 is 0. The third-order valence-electron chi connectivity index (χ3n) is 3.61. The number of benzene rings is 1. The molecule has 0 aromatic heterocycles. The van der Waals surface area contributed by atoms with E-state index in [1.807, 2.05) is 0 Å². The van der Waals surface area contributed by atoms with Gasteiger partial charge in [-0.25, -0.2) is 4.39 Å². The fourth-order valence-corrected chi connectivity index (χ4v) is 2.45. The van der Waals surface area contributed by atoms with Crippen molar-refractivity contribution in [1.29, 1.82) is 0 Å². The van der Waals surface area contributed by atoms with Crippen molar-refractivity contribution in [3.05, 3.63) is 29.6 Å². The van der Waals surface area contributed by atoms with Gasteiger partial charge < -0.3 is 10.4 Å². The van der Waals surface area contributed by atoms with Crippen molar-refractivity contribution >= 4 is 11.7 Å². The zero-order valence-corrected chi connectivity index (χ0v) is 10.4. The zero-order chi connectivity index (χ0) is 13.1. The normalized spacial score (nSPS) is 23.7. The Kier molecular flexibility index (Phi) is 3.84. The monoisotopic (exact) mass is 251 g/mol. The number of halogens is 1. The van der Waals surface area contributed by atoms with E-state index >= 15 is 0 Å². The first-order chi connectivity index (χ1) is 8.56. The van der Waals surface area contributed by atoms with Gasteiger partial charge in [0.1, 0.15) is 5.82 Å². The third-order valence-corrected chi connectivity index (χ3v) is 3.61. The molecular weight excluding hydrogens is 233 g/mol. The smallest absolute Gasteiger partial charge is 0.306 e. The van der Waals surface area contributed by atoms with Gasteiger partial charge in [-0.3, -0.25) is 4.79 Å². The van der Waals surface area contributed by atoms with Crippen LogP contribution in [0.1, 0.15) is 31.2 Å². The molecule has 0 atom stereocenters. The summed E-state index contributed by atoms with van der Waals surface area (Å²) in [6.07, 6.45) is 3.14. The number of hydrogen-bond donors (Lipinski definition) is 2. The number of aliphatic carboxylic acids is 1. The number of nitrogens with one attached hydrogen (secondary N) is 1. The number of rotatable bonds is 3. The van der Waals surface area contributed by atoms with E-state index in [9.17, 15) is 9.18 Å². The molecule has 0 amide bonds. The number of aryl methyl sites for hydroxylation is 1. The maximum Gasteiger partial charge on any atom is 0.306 e. The lowest BCUT2D eigenvalue weighted by molar-refractivity contribution is -0.142. The van der Waals surface area contributed by atoms with Crippen LogP contribution in [0.3, 0.4) is 0 Å². The molecule has 1 saturated carbocycles. The molecule has 0 unspecified atom stereocenters. The second kappa shape index (κ2) is 5.38. The van der Waals surface area contributed by atoms with Crippen LogP contribution in [0.4, 0.5) is 10.1 Å². The first-order valence-electron chi connectivity index (χ1n) is 6.32. The molecule has 0 saturated heterocycles. The molecule has 1 aromatic carbocycles. The summed E-state index contributed by atoms with van der Waals surface area (Å²) in [5, 5.41) is 12.3. The van der Waals surface area contributed by atoms with Crippen LogP contribution in [0.15, 0.2) is 18.2 Å². The average Bonchev–Trinajstić information content (AvgIpc) is 2.34. The van der Waals surface area contributed by atoms with Crippen molar-refractivity contribution in [2.75, 3.05) is 5.32 Å². The van der Waals surface area contributed by atoms with E-state index in [0.717, 1.165) is 18.5 Å². The zero-order valence-electron chi connectivity index (χ0n) is 10.4. The summed E-state index contributed by atoms with van der Waals surface area (Å²) in [5.41, 5.74) is 1.53. The van der Waals surface area contributed by atoms with Gasteiger partial charge >= 0.3 is 5.97 Å². The summed E-state index contributed by atoms with van der Waals surface area (Å²) in [7, 11) is 0. The molecule has 1 fully saturated rings. The highest BCUT2D eigenvalue weighted by Gasteiger charge is 2.25. The van der Waals surface area contributed by atoms with E-state index in [1.165, 1.54) is 6.07 Å². The molecule has 1 aliphatic rings. The Balaban J connectivity index is 1.91. The van der Waals surface area contributed by atoms with Crippen LogP contribution in [-0.4, -0.2) is 17.1 Å². The summed E-state index contributed by atoms with van der Waals surface area (Å²) in [6, 6.07) is 5.27. The van der Waals surface area contributed by atoms with Crippen LogP contribution in [0.25, 0.3) is 0 Å². The predicted molar refractivity (Wildman–Crippen MR) is 68.1 cm³/mol. The topological polar surface area (TPSA) is 49.3 Å². The molecule has 98 valence electrons. The highest BCUT2D eigenvalue weighted by atomic mass is 19.1. The highest BCUT2D eigenvalue weighted by molar-refractivity contribution is 5.70. The van der Waals surface area contributed by atoms with Crippen LogP contribution in [0, 0.1) is 18.7 Å². The molecule has 1 aromatic rings. The van der Waals surface area contributed by atoms with Crippen LogP contribution in [-0.2, 0) is 4.79 Å². The van der Waals surface area contributed by atoms with Crippen LogP contribution in [0.5, 0.6) is 0 Å². The van der Waals surface area contributed by atoms with Crippen molar-refractivity contribution in [3.8, 4) is 0 Å². The lowest BCUT2D eigenvalue weighted by Crippen LogP contribution is -2.29. The largest absolute Gasteiger partial charge is 0.481 e. The van der Waals surface area contributed by atoms with Gasteiger partial charge in [-0.05, 0) is 56.4 Å². The SMILES string of the molecule is Cc1cc(NC2CCC(C(=O)O)CC2)ccc1F. The molecule has 1 aliphatic carbocycles. The van der Waals surface area contributed by atoms with Gasteiger partial charge in [0.2, 0.25) is 0 Å². The Morgan fingerprint density at radius 1 is 1.33 bits per heavy atom. The van der Waals surface area contributed by atoms with E-state index in [1.54, 1.807) is 19.1 Å². The molecule has 0 radical (unpaired) electrons. The minimum atomic E-state index is -0.689. The van der Waals surface area contributed by atoms with Gasteiger partial charge in [-0.1, -0.05) is 0 Å². The number of hydrogen-bond acceptors (Lipinski definition) is 2. The van der Waals surface area contributed by atoms with Crippen molar-refractivity contribution < 1.29 is 14.3 Å². The molecule has 2 N–H and O–H groups in total. The molecule has 0 bridgehead atoms. The molecule has 0 heterocycles. The number of anilines is 1. The third kappa shape index (κ3) is 3.00. The van der Waals surface area contributed by atoms with E-state index < -0.39 is 5.97 Å². The summed E-state index contributed by atoms with van der Waals surface area (Å²) in [6.45, 7) is 1.74. The Labute approximate surface area is 106 Å². The standard InChI is InChI=1S/C14H18FNO2/c1-9-8-12(6-7-13(9)15)16-11-4-2-10(3-5-11)14(17)18/h6-8,10-11,16H,2-5H2,1H3,(H,17,18). The molecule has 2 rings (SSSR count). The number of carboxylic acids is 1. The molecule has 4 heteroatoms. The van der Waals surface area contributed by atoms with Crippen molar-refractivity contribution in [3.63, 3.8) is 0 Å². The summed E-state index contributed by atoms with van der Waals surface area (Å²) < 4.78 is 13.1. The second-order valence-electron chi connectivity index (χ2n) is 5.00. The number of carbonyl (C=O) groups is 1. The molecule has 18 heavy (non-hydrogen) atoms. The molecule has 0 spiro atoms. The van der Waals surface area contributed by atoms with Crippen LogP contribution < -0.4 is 5.32 Å². The maximum absolute atomic E-state index is 13.1. The minimum Gasteiger partial charge on any atom is -0.481 e. The van der Waals surface area contributed by atoms with Gasteiger partial charge in [-0.15, -0.1) is 0 Å². The van der Waals surface area contributed by atoms with Gasteiger partial charge in [-0.2, -0.15) is 0 Å². The van der Waals surface area contributed by atoms with Crippen molar-refractivity contribution in [2.45, 2.75) is 38.6 Å². The van der Waals surface area contributed by atoms with E-state index in [4.69, 9.17) is 5.11 Å². The van der Waals surface area contributed by atoms with Gasteiger partial charge in [0.15, 0.2) is 0 Å². The van der Waals surface area contributed by atoms with Gasteiger partial charge in [0.25, 0.3) is 0 Å². The van der Waals surface area contributed by atoms with Crippen LogP contribution in [0.2, 0.25) is 0 Å². The second-order valence-corrected chi connectivity index (χ2v) is 5.00. The molecular formula is C14H18FNO2. The summed E-state index contributed by atoms with van der Waals surface area (Å²) in [5.74, 6) is -1.08. The Hall–Kier alpha value is -1.58. The Morgan fingerprint density at radius 3 is 2.56 bits per heavy atom. The number of carboxylic acid groups (broad SMARTS) is 1. The van der Waals surface area contributed by atoms with Gasteiger partial charge in [0.05, 0.1) is 5.92 Å².